The molecule has 1 heterocycles. The van der Waals surface area contributed by atoms with Gasteiger partial charge in [0.25, 0.3) is 11.8 Å². The maximum atomic E-state index is 12.8. The van der Waals surface area contributed by atoms with Crippen molar-refractivity contribution in [3.8, 4) is 17.2 Å². The Morgan fingerprint density at radius 3 is 2.23 bits per heavy atom. The van der Waals surface area contributed by atoms with Gasteiger partial charge in [-0.1, -0.05) is 30.3 Å². The van der Waals surface area contributed by atoms with Crippen molar-refractivity contribution in [3.63, 3.8) is 0 Å². The summed E-state index contributed by atoms with van der Waals surface area (Å²) in [7, 11) is 2.91. The van der Waals surface area contributed by atoms with E-state index in [0.29, 0.717) is 17.1 Å². The van der Waals surface area contributed by atoms with Crippen LogP contribution in [0.15, 0.2) is 42.5 Å². The molecule has 31 heavy (non-hydrogen) atoms. The molecule has 2 aromatic carbocycles. The number of nitrogens with one attached hydrogen (secondary N) is 1. The summed E-state index contributed by atoms with van der Waals surface area (Å²) in [6.07, 6.45) is 1.76. The second-order valence-electron chi connectivity index (χ2n) is 7.47. The van der Waals surface area contributed by atoms with Crippen LogP contribution in [0.4, 0.5) is 0 Å². The second kappa shape index (κ2) is 10.7. The Labute approximate surface area is 182 Å². The molecule has 0 radical (unpaired) electrons. The summed E-state index contributed by atoms with van der Waals surface area (Å²) in [4.78, 5) is 26.3. The third-order valence-electron chi connectivity index (χ3n) is 5.25. The lowest BCUT2D eigenvalue weighted by Gasteiger charge is -2.32. The second-order valence-corrected chi connectivity index (χ2v) is 7.47. The van der Waals surface area contributed by atoms with Crippen molar-refractivity contribution < 1.29 is 23.8 Å². The van der Waals surface area contributed by atoms with Crippen molar-refractivity contribution in [2.24, 2.45) is 5.73 Å². The van der Waals surface area contributed by atoms with Crippen LogP contribution in [0.5, 0.6) is 17.2 Å². The van der Waals surface area contributed by atoms with Gasteiger partial charge in [-0.15, -0.1) is 0 Å². The normalized spacial score (nSPS) is 14.6. The Balaban J connectivity index is 1.60. The highest BCUT2D eigenvalue weighted by molar-refractivity contribution is 5.95. The van der Waals surface area contributed by atoms with Crippen LogP contribution in [-0.2, 0) is 11.3 Å². The number of rotatable bonds is 9. The zero-order valence-corrected chi connectivity index (χ0v) is 17.9. The fourth-order valence-corrected chi connectivity index (χ4v) is 3.64. The van der Waals surface area contributed by atoms with Gasteiger partial charge < -0.3 is 25.3 Å². The van der Waals surface area contributed by atoms with E-state index in [1.54, 1.807) is 12.1 Å². The van der Waals surface area contributed by atoms with Crippen molar-refractivity contribution in [1.82, 2.24) is 10.2 Å². The number of methoxy groups -OCH3 is 2. The summed E-state index contributed by atoms with van der Waals surface area (Å²) >= 11 is 0. The van der Waals surface area contributed by atoms with E-state index < -0.39 is 5.91 Å². The smallest absolute Gasteiger partial charge is 0.255 e. The minimum absolute atomic E-state index is 0.0994. The number of nitrogens with two attached hydrogens (primary N) is 1. The van der Waals surface area contributed by atoms with Crippen molar-refractivity contribution in [1.29, 1.82) is 0 Å². The van der Waals surface area contributed by atoms with Gasteiger partial charge in [0, 0.05) is 31.2 Å². The summed E-state index contributed by atoms with van der Waals surface area (Å²) < 4.78 is 16.1. The van der Waals surface area contributed by atoms with Gasteiger partial charge in [-0.25, -0.2) is 0 Å². The van der Waals surface area contributed by atoms with E-state index in [4.69, 9.17) is 19.9 Å². The molecule has 3 N–H and O–H groups in total. The van der Waals surface area contributed by atoms with Gasteiger partial charge in [0.15, 0.2) is 18.1 Å². The lowest BCUT2D eigenvalue weighted by atomic mass is 10.0. The van der Waals surface area contributed by atoms with Gasteiger partial charge in [0.2, 0.25) is 5.75 Å². The first-order chi connectivity index (χ1) is 15.0. The van der Waals surface area contributed by atoms with E-state index in [-0.39, 0.29) is 24.3 Å². The number of nitrogens with zero attached hydrogens (tertiary/aromatic N) is 1. The quantitative estimate of drug-likeness (QED) is 0.634. The van der Waals surface area contributed by atoms with Crippen LogP contribution < -0.4 is 25.3 Å². The van der Waals surface area contributed by atoms with Crippen molar-refractivity contribution >= 4 is 11.8 Å². The molecule has 0 bridgehead atoms. The fourth-order valence-electron chi connectivity index (χ4n) is 3.64. The van der Waals surface area contributed by atoms with Crippen LogP contribution in [0, 0.1) is 0 Å². The summed E-state index contributed by atoms with van der Waals surface area (Å²) in [6, 6.07) is 13.6. The third-order valence-corrected chi connectivity index (χ3v) is 5.25. The monoisotopic (exact) mass is 427 g/mol. The van der Waals surface area contributed by atoms with E-state index in [9.17, 15) is 9.59 Å². The number of hydrogen-bond donors (Lipinski definition) is 2. The minimum atomic E-state index is -0.621. The molecule has 3 rings (SSSR count). The highest BCUT2D eigenvalue weighted by Crippen LogP contribution is 2.38. The number of piperidine rings is 1. The molecule has 0 aromatic heterocycles. The SMILES string of the molecule is COc1cc(C(=O)NC2CCN(Cc3ccccc3)CC2)cc(OC)c1OCC(N)=O. The first kappa shape index (κ1) is 22.4. The largest absolute Gasteiger partial charge is 0.493 e. The molecule has 2 aromatic rings. The van der Waals surface area contributed by atoms with Crippen LogP contribution in [-0.4, -0.2) is 56.7 Å². The van der Waals surface area contributed by atoms with Gasteiger partial charge in [0.1, 0.15) is 0 Å². The van der Waals surface area contributed by atoms with Crippen LogP contribution >= 0.6 is 0 Å². The standard InChI is InChI=1S/C23H29N3O5/c1-29-19-12-17(13-20(30-2)22(19)31-15-21(24)27)23(28)25-18-8-10-26(11-9-18)14-16-6-4-3-5-7-16/h3-7,12-13,18H,8-11,14-15H2,1-2H3,(H2,24,27)(H,25,28). The molecule has 0 unspecified atom stereocenters. The van der Waals surface area contributed by atoms with Crippen molar-refractivity contribution in [3.05, 3.63) is 53.6 Å². The number of benzene rings is 2. The highest BCUT2D eigenvalue weighted by atomic mass is 16.5. The van der Waals surface area contributed by atoms with Crippen molar-refractivity contribution in [2.45, 2.75) is 25.4 Å². The Morgan fingerprint density at radius 1 is 1.06 bits per heavy atom. The molecule has 0 saturated carbocycles. The van der Waals surface area contributed by atoms with E-state index in [2.05, 4.69) is 34.5 Å². The molecule has 8 heteroatoms. The first-order valence-electron chi connectivity index (χ1n) is 10.2. The average Bonchev–Trinajstić information content (AvgIpc) is 2.79. The Hall–Kier alpha value is -3.26. The molecule has 0 aliphatic carbocycles. The van der Waals surface area contributed by atoms with Gasteiger partial charge in [-0.3, -0.25) is 14.5 Å². The van der Waals surface area contributed by atoms with Gasteiger partial charge in [0.05, 0.1) is 14.2 Å². The molecular weight excluding hydrogens is 398 g/mol. The summed E-state index contributed by atoms with van der Waals surface area (Å²) in [5, 5.41) is 3.10. The van der Waals surface area contributed by atoms with E-state index in [1.807, 2.05) is 6.07 Å². The van der Waals surface area contributed by atoms with E-state index in [0.717, 1.165) is 32.5 Å². The number of primary amides is 1. The number of hydrogen-bond acceptors (Lipinski definition) is 6. The predicted molar refractivity (Wildman–Crippen MR) is 116 cm³/mol. The van der Waals surface area contributed by atoms with Gasteiger partial charge in [-0.2, -0.15) is 0 Å². The summed E-state index contributed by atoms with van der Waals surface area (Å²) in [5.41, 5.74) is 6.83. The fraction of sp³-hybridized carbons (Fsp3) is 0.391. The number of carbonyl (C=O) groups excluding carboxylic acids is 2. The molecular formula is C23H29N3O5. The third kappa shape index (κ3) is 6.11. The predicted octanol–water partition coefficient (Wildman–Crippen LogP) is 1.96. The van der Waals surface area contributed by atoms with Gasteiger partial charge >= 0.3 is 0 Å². The average molecular weight is 428 g/mol. The molecule has 2 amide bonds. The van der Waals surface area contributed by atoms with Crippen LogP contribution in [0.25, 0.3) is 0 Å². The first-order valence-corrected chi connectivity index (χ1v) is 10.2. The molecule has 0 spiro atoms. The molecule has 8 nitrogen and oxygen atoms in total. The topological polar surface area (TPSA) is 103 Å². The number of carbonyl (C=O) groups is 2. The Morgan fingerprint density at radius 2 is 1.68 bits per heavy atom. The molecule has 1 aliphatic rings. The summed E-state index contributed by atoms with van der Waals surface area (Å²) in [6.45, 7) is 2.45. The highest BCUT2D eigenvalue weighted by Gasteiger charge is 2.23. The Bertz CT molecular complexity index is 870. The molecule has 1 aliphatic heterocycles. The molecule has 0 atom stereocenters. The lowest BCUT2D eigenvalue weighted by Crippen LogP contribution is -2.44. The maximum absolute atomic E-state index is 12.8. The van der Waals surface area contributed by atoms with Crippen LogP contribution in [0.1, 0.15) is 28.8 Å². The molecule has 1 saturated heterocycles. The van der Waals surface area contributed by atoms with E-state index >= 15 is 0 Å². The van der Waals surface area contributed by atoms with Crippen LogP contribution in [0.2, 0.25) is 0 Å². The van der Waals surface area contributed by atoms with Crippen LogP contribution in [0.3, 0.4) is 0 Å². The minimum Gasteiger partial charge on any atom is -0.493 e. The van der Waals surface area contributed by atoms with Crippen molar-refractivity contribution in [2.75, 3.05) is 33.9 Å². The zero-order valence-electron chi connectivity index (χ0n) is 17.9. The number of ether oxygens (including phenoxy) is 3. The zero-order chi connectivity index (χ0) is 22.2. The molecule has 166 valence electrons. The number of likely N-dealkylation sites (tertiary alicyclic amines) is 1. The summed E-state index contributed by atoms with van der Waals surface area (Å²) in [5.74, 6) is -0.00877. The number of amides is 2. The maximum Gasteiger partial charge on any atom is 0.255 e. The molecule has 1 fully saturated rings. The van der Waals surface area contributed by atoms with Gasteiger partial charge in [-0.05, 0) is 30.5 Å². The lowest BCUT2D eigenvalue weighted by molar-refractivity contribution is -0.120. The van der Waals surface area contributed by atoms with E-state index in [1.165, 1.54) is 19.8 Å². The Kier molecular flexibility index (Phi) is 7.72.